The lowest BCUT2D eigenvalue weighted by molar-refractivity contribution is -0.192. The van der Waals surface area contributed by atoms with Gasteiger partial charge in [-0.2, -0.15) is 18.4 Å². The molecule has 1 aromatic rings. The summed E-state index contributed by atoms with van der Waals surface area (Å²) >= 11 is 0. The first-order valence-electron chi connectivity index (χ1n) is 6.31. The first kappa shape index (κ1) is 18.6. The summed E-state index contributed by atoms with van der Waals surface area (Å²) in [4.78, 5) is 10.8. The van der Waals surface area contributed by atoms with Crippen molar-refractivity contribution in [2.75, 3.05) is 31.1 Å². The number of piperazine rings is 1. The van der Waals surface area contributed by atoms with E-state index in [1.54, 1.807) is 0 Å². The SMILES string of the molecule is N#Cc1c(F)cc(N2CCNCC2)cc1F.O=C(O)C(F)(F)F. The van der Waals surface area contributed by atoms with Crippen LogP contribution in [0.2, 0.25) is 0 Å². The number of nitrogens with zero attached hydrogens (tertiary/aromatic N) is 2. The van der Waals surface area contributed by atoms with Gasteiger partial charge < -0.3 is 15.3 Å². The lowest BCUT2D eigenvalue weighted by Crippen LogP contribution is -2.43. The Morgan fingerprint density at radius 2 is 1.65 bits per heavy atom. The predicted octanol–water partition coefficient (Wildman–Crippen LogP) is 1.88. The third-order valence-corrected chi connectivity index (χ3v) is 2.86. The van der Waals surface area contributed by atoms with E-state index in [1.165, 1.54) is 18.2 Å². The van der Waals surface area contributed by atoms with E-state index in [9.17, 15) is 22.0 Å². The Morgan fingerprint density at radius 1 is 1.22 bits per heavy atom. The zero-order chi connectivity index (χ0) is 17.6. The quantitative estimate of drug-likeness (QED) is 0.765. The third kappa shape index (κ3) is 5.37. The highest BCUT2D eigenvalue weighted by molar-refractivity contribution is 5.73. The van der Waals surface area contributed by atoms with E-state index in [-0.39, 0.29) is 0 Å². The number of benzene rings is 1. The maximum absolute atomic E-state index is 13.4. The van der Waals surface area contributed by atoms with Crippen LogP contribution in [-0.4, -0.2) is 43.4 Å². The summed E-state index contributed by atoms with van der Waals surface area (Å²) in [6, 6.07) is 3.94. The summed E-state index contributed by atoms with van der Waals surface area (Å²) in [5, 5.41) is 18.8. The van der Waals surface area contributed by atoms with Crippen LogP contribution in [0.4, 0.5) is 27.6 Å². The van der Waals surface area contributed by atoms with E-state index in [1.807, 2.05) is 4.90 Å². The average Bonchev–Trinajstić information content (AvgIpc) is 2.47. The minimum Gasteiger partial charge on any atom is -0.475 e. The summed E-state index contributed by atoms with van der Waals surface area (Å²) in [5.41, 5.74) is -0.0191. The van der Waals surface area contributed by atoms with Crippen LogP contribution < -0.4 is 10.2 Å². The maximum Gasteiger partial charge on any atom is 0.490 e. The van der Waals surface area contributed by atoms with Crippen molar-refractivity contribution in [3.05, 3.63) is 29.3 Å². The molecule has 0 radical (unpaired) electrons. The van der Waals surface area contributed by atoms with Crippen LogP contribution in [0.5, 0.6) is 0 Å². The fraction of sp³-hybridized carbons (Fsp3) is 0.385. The van der Waals surface area contributed by atoms with E-state index in [0.717, 1.165) is 13.1 Å². The molecule has 0 aromatic heterocycles. The van der Waals surface area contributed by atoms with Crippen molar-refractivity contribution in [2.45, 2.75) is 6.18 Å². The molecule has 1 aliphatic heterocycles. The number of carboxylic acids is 1. The van der Waals surface area contributed by atoms with Crippen molar-refractivity contribution in [3.8, 4) is 6.07 Å². The highest BCUT2D eigenvalue weighted by Gasteiger charge is 2.38. The standard InChI is InChI=1S/C11H11F2N3.C2HF3O2/c12-10-5-8(6-11(13)9(10)7-14)16-3-1-15-2-4-16;3-2(4,5)1(6)7/h5-6,15H,1-4H2;(H,6,7). The van der Waals surface area contributed by atoms with Crippen LogP contribution >= 0.6 is 0 Å². The van der Waals surface area contributed by atoms with Gasteiger partial charge in [0, 0.05) is 31.9 Å². The van der Waals surface area contributed by atoms with Gasteiger partial charge in [-0.05, 0) is 12.1 Å². The summed E-state index contributed by atoms with van der Waals surface area (Å²) < 4.78 is 58.5. The fourth-order valence-electron chi connectivity index (χ4n) is 1.77. The van der Waals surface area contributed by atoms with Crippen LogP contribution in [0.15, 0.2) is 12.1 Å². The number of hydrogen-bond acceptors (Lipinski definition) is 4. The van der Waals surface area contributed by atoms with Gasteiger partial charge in [0.25, 0.3) is 0 Å². The van der Waals surface area contributed by atoms with Crippen LogP contribution in [0.25, 0.3) is 0 Å². The lowest BCUT2D eigenvalue weighted by atomic mass is 10.1. The number of hydrogen-bond donors (Lipinski definition) is 2. The molecular formula is C13H12F5N3O2. The molecule has 0 aliphatic carbocycles. The molecule has 126 valence electrons. The van der Waals surface area contributed by atoms with Gasteiger partial charge in [-0.15, -0.1) is 0 Å². The molecule has 2 N–H and O–H groups in total. The number of aliphatic carboxylic acids is 1. The van der Waals surface area contributed by atoms with Crippen molar-refractivity contribution in [1.29, 1.82) is 5.26 Å². The molecule has 10 heteroatoms. The number of anilines is 1. The molecule has 0 bridgehead atoms. The van der Waals surface area contributed by atoms with Crippen LogP contribution in [-0.2, 0) is 4.79 Å². The smallest absolute Gasteiger partial charge is 0.475 e. The van der Waals surface area contributed by atoms with Gasteiger partial charge in [0.2, 0.25) is 0 Å². The molecule has 1 aliphatic rings. The van der Waals surface area contributed by atoms with Crippen molar-refractivity contribution >= 4 is 11.7 Å². The van der Waals surface area contributed by atoms with Gasteiger partial charge in [0.05, 0.1) is 0 Å². The number of alkyl halides is 3. The zero-order valence-corrected chi connectivity index (χ0v) is 11.6. The van der Waals surface area contributed by atoms with Gasteiger partial charge in [0.1, 0.15) is 23.3 Å². The Balaban J connectivity index is 0.000000322. The average molecular weight is 337 g/mol. The second-order valence-corrected chi connectivity index (χ2v) is 4.44. The van der Waals surface area contributed by atoms with Crippen molar-refractivity contribution in [1.82, 2.24) is 5.32 Å². The Morgan fingerprint density at radius 3 is 2.00 bits per heavy atom. The molecule has 1 heterocycles. The molecular weight excluding hydrogens is 325 g/mol. The minimum atomic E-state index is -5.08. The number of nitriles is 1. The molecule has 5 nitrogen and oxygen atoms in total. The van der Waals surface area contributed by atoms with Crippen LogP contribution in [0, 0.1) is 23.0 Å². The normalized spacial score (nSPS) is 14.5. The molecule has 1 saturated heterocycles. The number of halogens is 5. The number of nitrogens with one attached hydrogen (secondary N) is 1. The molecule has 0 atom stereocenters. The van der Waals surface area contributed by atoms with E-state index < -0.39 is 29.3 Å². The summed E-state index contributed by atoms with van der Waals surface area (Å²) in [6.07, 6.45) is -5.08. The van der Waals surface area contributed by atoms with E-state index in [0.29, 0.717) is 18.8 Å². The molecule has 1 aromatic carbocycles. The second kappa shape index (κ2) is 7.73. The van der Waals surface area contributed by atoms with Crippen LogP contribution in [0.1, 0.15) is 5.56 Å². The number of rotatable bonds is 1. The second-order valence-electron chi connectivity index (χ2n) is 4.44. The van der Waals surface area contributed by atoms with Crippen molar-refractivity contribution in [2.24, 2.45) is 0 Å². The topological polar surface area (TPSA) is 76.4 Å². The number of carbonyl (C=O) groups is 1. The highest BCUT2D eigenvalue weighted by Crippen LogP contribution is 2.21. The minimum absolute atomic E-state index is 0.496. The Kier molecular flexibility index (Phi) is 6.27. The Bertz CT molecular complexity index is 584. The number of carboxylic acid groups (broad SMARTS) is 1. The van der Waals surface area contributed by atoms with Gasteiger partial charge >= 0.3 is 12.1 Å². The van der Waals surface area contributed by atoms with Gasteiger partial charge in [0.15, 0.2) is 0 Å². The largest absolute Gasteiger partial charge is 0.490 e. The predicted molar refractivity (Wildman–Crippen MR) is 69.8 cm³/mol. The maximum atomic E-state index is 13.4. The summed E-state index contributed by atoms with van der Waals surface area (Å²) in [7, 11) is 0. The first-order valence-corrected chi connectivity index (χ1v) is 6.31. The third-order valence-electron chi connectivity index (χ3n) is 2.86. The van der Waals surface area contributed by atoms with E-state index in [4.69, 9.17) is 15.2 Å². The molecule has 1 fully saturated rings. The lowest BCUT2D eigenvalue weighted by Gasteiger charge is -2.29. The van der Waals surface area contributed by atoms with Crippen molar-refractivity contribution < 1.29 is 31.9 Å². The summed E-state index contributed by atoms with van der Waals surface area (Å²) in [5.74, 6) is -4.35. The van der Waals surface area contributed by atoms with E-state index >= 15 is 0 Å². The molecule has 2 rings (SSSR count). The molecule has 23 heavy (non-hydrogen) atoms. The van der Waals surface area contributed by atoms with Gasteiger partial charge in [-0.1, -0.05) is 0 Å². The molecule has 0 unspecified atom stereocenters. The van der Waals surface area contributed by atoms with Crippen LogP contribution in [0.3, 0.4) is 0 Å². The highest BCUT2D eigenvalue weighted by atomic mass is 19.4. The molecule has 0 spiro atoms. The van der Waals surface area contributed by atoms with Gasteiger partial charge in [-0.3, -0.25) is 0 Å². The molecule has 0 saturated carbocycles. The zero-order valence-electron chi connectivity index (χ0n) is 11.6. The summed E-state index contributed by atoms with van der Waals surface area (Å²) in [6.45, 7) is 3.02. The van der Waals surface area contributed by atoms with E-state index in [2.05, 4.69) is 5.32 Å². The van der Waals surface area contributed by atoms with Crippen molar-refractivity contribution in [3.63, 3.8) is 0 Å². The first-order chi connectivity index (χ1) is 10.7. The monoisotopic (exact) mass is 337 g/mol. The Hall–Kier alpha value is -2.41. The fourth-order valence-corrected chi connectivity index (χ4v) is 1.77. The van der Waals surface area contributed by atoms with Gasteiger partial charge in [-0.25, -0.2) is 13.6 Å². The Labute approximate surface area is 127 Å². The molecule has 0 amide bonds.